The molecule has 0 amide bonds. The van der Waals surface area contributed by atoms with Gasteiger partial charge in [-0.2, -0.15) is 0 Å². The van der Waals surface area contributed by atoms with Gasteiger partial charge in [-0.25, -0.2) is 0 Å². The molecular weight excluding hydrogens is 296 g/mol. The maximum absolute atomic E-state index is 13.1. The molecule has 0 heterocycles. The topological polar surface area (TPSA) is 26.3 Å². The molecule has 0 unspecified atom stereocenters. The molecular formula is C22H14O2. The van der Waals surface area contributed by atoms with Crippen molar-refractivity contribution in [3.05, 3.63) is 77.9 Å². The van der Waals surface area contributed by atoms with Gasteiger partial charge in [-0.05, 0) is 45.3 Å². The van der Waals surface area contributed by atoms with Crippen molar-refractivity contribution in [2.45, 2.75) is 0 Å². The molecule has 0 saturated carbocycles. The van der Waals surface area contributed by atoms with E-state index < -0.39 is 0 Å². The van der Waals surface area contributed by atoms with Crippen molar-refractivity contribution in [2.24, 2.45) is 0 Å². The lowest BCUT2D eigenvalue weighted by Gasteiger charge is -2.08. The molecule has 114 valence electrons. The van der Waals surface area contributed by atoms with Gasteiger partial charge in [-0.15, -0.1) is 0 Å². The van der Waals surface area contributed by atoms with Gasteiger partial charge >= 0.3 is 0 Å². The number of fused-ring (bicyclic) bond motifs is 7. The summed E-state index contributed by atoms with van der Waals surface area (Å²) >= 11 is 0. The highest BCUT2D eigenvalue weighted by Gasteiger charge is 2.30. The van der Waals surface area contributed by atoms with Crippen molar-refractivity contribution in [1.29, 1.82) is 0 Å². The van der Waals surface area contributed by atoms with Crippen LogP contribution in [0.3, 0.4) is 0 Å². The Labute approximate surface area is 139 Å². The molecule has 1 aliphatic carbocycles. The Morgan fingerprint density at radius 3 is 2.25 bits per heavy atom. The van der Waals surface area contributed by atoms with E-state index in [1.54, 1.807) is 7.11 Å². The van der Waals surface area contributed by atoms with Gasteiger partial charge < -0.3 is 4.74 Å². The van der Waals surface area contributed by atoms with Crippen molar-refractivity contribution >= 4 is 27.3 Å². The van der Waals surface area contributed by atoms with Gasteiger partial charge in [0.05, 0.1) is 7.11 Å². The Morgan fingerprint density at radius 2 is 1.42 bits per heavy atom. The number of methoxy groups -OCH3 is 1. The maximum atomic E-state index is 13.1. The average Bonchev–Trinajstić information content (AvgIpc) is 2.94. The lowest BCUT2D eigenvalue weighted by atomic mass is 9.96. The predicted octanol–water partition coefficient (Wildman–Crippen LogP) is 5.21. The number of hydrogen-bond acceptors (Lipinski definition) is 2. The van der Waals surface area contributed by atoms with Gasteiger partial charge in [0, 0.05) is 16.7 Å². The van der Waals surface area contributed by atoms with E-state index in [0.717, 1.165) is 49.5 Å². The standard InChI is InChI=1S/C22H14O2/c1-24-15-9-6-14-7-10-17-20-16-5-3-2-4-13(16)8-11-18(20)22(23)21(17)19(14)12-15/h2-12H,1H3. The molecule has 5 rings (SSSR count). The second kappa shape index (κ2) is 4.68. The summed E-state index contributed by atoms with van der Waals surface area (Å²) in [4.78, 5) is 13.1. The van der Waals surface area contributed by atoms with Crippen LogP contribution >= 0.6 is 0 Å². The van der Waals surface area contributed by atoms with E-state index >= 15 is 0 Å². The Balaban J connectivity index is 1.94. The summed E-state index contributed by atoms with van der Waals surface area (Å²) in [7, 11) is 1.65. The Hall–Kier alpha value is -3.13. The third kappa shape index (κ3) is 1.63. The molecule has 0 bridgehead atoms. The number of carbonyl (C=O) groups excluding carboxylic acids is 1. The fourth-order valence-electron chi connectivity index (χ4n) is 3.76. The van der Waals surface area contributed by atoms with Gasteiger partial charge in [0.1, 0.15) is 5.75 Å². The lowest BCUT2D eigenvalue weighted by molar-refractivity contribution is 0.104. The lowest BCUT2D eigenvalue weighted by Crippen LogP contribution is -1.96. The molecule has 0 N–H and O–H groups in total. The number of benzene rings is 4. The van der Waals surface area contributed by atoms with Crippen LogP contribution < -0.4 is 4.74 Å². The van der Waals surface area contributed by atoms with E-state index in [2.05, 4.69) is 24.3 Å². The zero-order valence-corrected chi connectivity index (χ0v) is 13.2. The molecule has 0 saturated heterocycles. The third-order valence-electron chi connectivity index (χ3n) is 4.90. The summed E-state index contributed by atoms with van der Waals surface area (Å²) < 4.78 is 5.35. The maximum Gasteiger partial charge on any atom is 0.194 e. The highest BCUT2D eigenvalue weighted by molar-refractivity contribution is 6.30. The van der Waals surface area contributed by atoms with Crippen molar-refractivity contribution in [3.8, 4) is 16.9 Å². The summed E-state index contributed by atoms with van der Waals surface area (Å²) in [5, 5.41) is 4.30. The highest BCUT2D eigenvalue weighted by atomic mass is 16.5. The number of carbonyl (C=O) groups is 1. The number of ether oxygens (including phenoxy) is 1. The first-order chi connectivity index (χ1) is 11.8. The molecule has 2 nitrogen and oxygen atoms in total. The van der Waals surface area contributed by atoms with Crippen LogP contribution in [0.1, 0.15) is 15.9 Å². The molecule has 1 aliphatic rings. The summed E-state index contributed by atoms with van der Waals surface area (Å²) in [6.07, 6.45) is 0. The fourth-order valence-corrected chi connectivity index (χ4v) is 3.76. The molecule has 0 spiro atoms. The predicted molar refractivity (Wildman–Crippen MR) is 96.9 cm³/mol. The molecule has 0 aromatic heterocycles. The summed E-state index contributed by atoms with van der Waals surface area (Å²) in [5.41, 5.74) is 3.65. The molecule has 4 aromatic rings. The van der Waals surface area contributed by atoms with Crippen molar-refractivity contribution in [3.63, 3.8) is 0 Å². The van der Waals surface area contributed by atoms with Crippen molar-refractivity contribution < 1.29 is 9.53 Å². The SMILES string of the molecule is COc1ccc2ccc3c(c2c1)C(=O)c1ccc2ccccc2c1-3. The minimum absolute atomic E-state index is 0.101. The van der Waals surface area contributed by atoms with Crippen LogP contribution in [0.5, 0.6) is 5.75 Å². The summed E-state index contributed by atoms with van der Waals surface area (Å²) in [6, 6.07) is 22.2. The quantitative estimate of drug-likeness (QED) is 0.424. The minimum atomic E-state index is 0.101. The van der Waals surface area contributed by atoms with Gasteiger partial charge in [-0.1, -0.05) is 48.5 Å². The van der Waals surface area contributed by atoms with Gasteiger partial charge in [-0.3, -0.25) is 4.79 Å². The summed E-state index contributed by atoms with van der Waals surface area (Å²) in [6.45, 7) is 0. The van der Waals surface area contributed by atoms with Crippen LogP contribution in [0, 0.1) is 0 Å². The molecule has 2 heteroatoms. The fraction of sp³-hybridized carbons (Fsp3) is 0.0455. The second-order valence-corrected chi connectivity index (χ2v) is 6.11. The Bertz CT molecular complexity index is 1160. The van der Waals surface area contributed by atoms with Crippen molar-refractivity contribution in [1.82, 2.24) is 0 Å². The zero-order chi connectivity index (χ0) is 16.3. The molecule has 0 aliphatic heterocycles. The van der Waals surface area contributed by atoms with E-state index in [9.17, 15) is 4.79 Å². The van der Waals surface area contributed by atoms with Crippen LogP contribution in [0.4, 0.5) is 0 Å². The number of ketones is 1. The van der Waals surface area contributed by atoms with Gasteiger partial charge in [0.2, 0.25) is 0 Å². The van der Waals surface area contributed by atoms with E-state index in [1.165, 1.54) is 0 Å². The van der Waals surface area contributed by atoms with Crippen LogP contribution in [0.25, 0.3) is 32.7 Å². The Morgan fingerprint density at radius 1 is 0.708 bits per heavy atom. The first kappa shape index (κ1) is 13.3. The van der Waals surface area contributed by atoms with Crippen LogP contribution in [-0.4, -0.2) is 12.9 Å². The normalized spacial score (nSPS) is 12.5. The van der Waals surface area contributed by atoms with E-state index in [4.69, 9.17) is 4.74 Å². The van der Waals surface area contributed by atoms with Crippen LogP contribution in [-0.2, 0) is 0 Å². The average molecular weight is 310 g/mol. The minimum Gasteiger partial charge on any atom is -0.497 e. The van der Waals surface area contributed by atoms with Crippen LogP contribution in [0.2, 0.25) is 0 Å². The van der Waals surface area contributed by atoms with Crippen molar-refractivity contribution in [2.75, 3.05) is 7.11 Å². The van der Waals surface area contributed by atoms with Gasteiger partial charge in [0.15, 0.2) is 5.78 Å². The van der Waals surface area contributed by atoms with Crippen LogP contribution in [0.15, 0.2) is 66.7 Å². The molecule has 0 atom stereocenters. The van der Waals surface area contributed by atoms with Gasteiger partial charge in [0.25, 0.3) is 0 Å². The monoisotopic (exact) mass is 310 g/mol. The molecule has 24 heavy (non-hydrogen) atoms. The number of hydrogen-bond donors (Lipinski definition) is 0. The first-order valence-corrected chi connectivity index (χ1v) is 7.95. The molecule has 0 radical (unpaired) electrons. The summed E-state index contributed by atoms with van der Waals surface area (Å²) in [5.74, 6) is 0.870. The molecule has 4 aromatic carbocycles. The third-order valence-corrected chi connectivity index (χ3v) is 4.90. The van der Waals surface area contributed by atoms with E-state index in [0.29, 0.717) is 0 Å². The first-order valence-electron chi connectivity index (χ1n) is 7.95. The zero-order valence-electron chi connectivity index (χ0n) is 13.2. The second-order valence-electron chi connectivity index (χ2n) is 6.11. The van der Waals surface area contributed by atoms with E-state index in [-0.39, 0.29) is 5.78 Å². The Kier molecular flexibility index (Phi) is 2.60. The largest absolute Gasteiger partial charge is 0.497 e. The smallest absolute Gasteiger partial charge is 0.194 e. The highest BCUT2D eigenvalue weighted by Crippen LogP contribution is 2.44. The van der Waals surface area contributed by atoms with E-state index in [1.807, 2.05) is 42.5 Å². The number of rotatable bonds is 1. The molecule has 0 fully saturated rings.